The molecule has 0 fully saturated rings. The van der Waals surface area contributed by atoms with Crippen LogP contribution in [-0.2, 0) is 0 Å². The van der Waals surface area contributed by atoms with Gasteiger partial charge in [0.05, 0.1) is 12.1 Å². The average molecular weight is 428 g/mol. The van der Waals surface area contributed by atoms with E-state index in [0.717, 1.165) is 22.3 Å². The summed E-state index contributed by atoms with van der Waals surface area (Å²) in [7, 11) is 0. The number of benzene rings is 4. The molecule has 0 aliphatic carbocycles. The molecule has 0 unspecified atom stereocenters. The van der Waals surface area contributed by atoms with Crippen LogP contribution in [0.4, 0.5) is 13.6 Å². The van der Waals surface area contributed by atoms with Crippen molar-refractivity contribution in [2.75, 3.05) is 0 Å². The van der Waals surface area contributed by atoms with E-state index < -0.39 is 18.1 Å². The first-order valence-corrected chi connectivity index (χ1v) is 10.3. The average Bonchev–Trinajstić information content (AvgIpc) is 2.83. The summed E-state index contributed by atoms with van der Waals surface area (Å²) in [5, 5.41) is 6.01. The van der Waals surface area contributed by atoms with E-state index in [0.29, 0.717) is 0 Å². The van der Waals surface area contributed by atoms with Gasteiger partial charge in [0.1, 0.15) is 11.6 Å². The number of hydrogen-bond acceptors (Lipinski definition) is 1. The Kier molecular flexibility index (Phi) is 6.56. The summed E-state index contributed by atoms with van der Waals surface area (Å²) in [4.78, 5) is 13.1. The van der Waals surface area contributed by atoms with Crippen LogP contribution in [-0.4, -0.2) is 6.03 Å². The van der Waals surface area contributed by atoms with Crippen molar-refractivity contribution in [3.05, 3.63) is 143 Å². The second kappa shape index (κ2) is 9.88. The fourth-order valence-electron chi connectivity index (χ4n) is 3.62. The molecule has 0 aliphatic rings. The van der Waals surface area contributed by atoms with E-state index >= 15 is 0 Å². The zero-order valence-corrected chi connectivity index (χ0v) is 17.2. The van der Waals surface area contributed by atoms with Gasteiger partial charge in [-0.15, -0.1) is 0 Å². The predicted molar refractivity (Wildman–Crippen MR) is 121 cm³/mol. The number of amides is 2. The lowest BCUT2D eigenvalue weighted by atomic mass is 9.98. The van der Waals surface area contributed by atoms with Crippen LogP contribution in [0.3, 0.4) is 0 Å². The standard InChI is InChI=1S/C27H22F2N2O/c28-23-15-11-21(12-16-23)25(19-7-3-1-4-8-19)30-27(32)31-26(20-9-5-2-6-10-20)22-13-17-24(29)18-14-22/h1-18,25-26H,(H2,30,31,32)/t25-,26-/m0/s1. The smallest absolute Gasteiger partial charge is 0.316 e. The molecule has 0 spiro atoms. The van der Waals surface area contributed by atoms with E-state index in [1.54, 1.807) is 24.3 Å². The summed E-state index contributed by atoms with van der Waals surface area (Å²) in [6.07, 6.45) is 0. The zero-order valence-electron chi connectivity index (χ0n) is 17.2. The fraction of sp³-hybridized carbons (Fsp3) is 0.0741. The van der Waals surface area contributed by atoms with Gasteiger partial charge in [-0.25, -0.2) is 13.6 Å². The van der Waals surface area contributed by atoms with Gasteiger partial charge in [0.25, 0.3) is 0 Å². The minimum atomic E-state index is -0.471. The van der Waals surface area contributed by atoms with Gasteiger partial charge in [-0.3, -0.25) is 0 Å². The molecule has 0 aromatic heterocycles. The molecular weight excluding hydrogens is 406 g/mol. The Morgan fingerprint density at radius 3 is 1.16 bits per heavy atom. The Balaban J connectivity index is 1.61. The van der Waals surface area contributed by atoms with Crippen molar-refractivity contribution in [2.24, 2.45) is 0 Å². The number of urea groups is 1. The predicted octanol–water partition coefficient (Wildman–Crippen LogP) is 6.14. The number of rotatable bonds is 6. The number of carbonyl (C=O) groups is 1. The number of carbonyl (C=O) groups excluding carboxylic acids is 1. The number of halogens is 2. The summed E-state index contributed by atoms with van der Waals surface area (Å²) in [6, 6.07) is 29.7. The van der Waals surface area contributed by atoms with Crippen LogP contribution in [0.15, 0.2) is 109 Å². The molecule has 2 amide bonds. The van der Waals surface area contributed by atoms with Crippen molar-refractivity contribution in [3.63, 3.8) is 0 Å². The van der Waals surface area contributed by atoms with Crippen molar-refractivity contribution in [1.29, 1.82) is 0 Å². The minimum Gasteiger partial charge on any atom is -0.327 e. The molecule has 5 heteroatoms. The van der Waals surface area contributed by atoms with E-state index in [2.05, 4.69) is 10.6 Å². The van der Waals surface area contributed by atoms with E-state index in [4.69, 9.17) is 0 Å². The Bertz CT molecular complexity index is 1050. The Morgan fingerprint density at radius 2 is 0.812 bits per heavy atom. The quantitative estimate of drug-likeness (QED) is 0.380. The Hall–Kier alpha value is -3.99. The lowest BCUT2D eigenvalue weighted by molar-refractivity contribution is 0.236. The maximum absolute atomic E-state index is 13.5. The third-order valence-corrected chi connectivity index (χ3v) is 5.22. The van der Waals surface area contributed by atoms with E-state index in [1.165, 1.54) is 24.3 Å². The van der Waals surface area contributed by atoms with Gasteiger partial charge in [0.15, 0.2) is 0 Å². The van der Waals surface area contributed by atoms with Crippen LogP contribution in [0.2, 0.25) is 0 Å². The molecule has 4 aromatic rings. The monoisotopic (exact) mass is 428 g/mol. The van der Waals surface area contributed by atoms with Crippen LogP contribution in [0, 0.1) is 11.6 Å². The highest BCUT2D eigenvalue weighted by atomic mass is 19.1. The maximum Gasteiger partial charge on any atom is 0.316 e. The molecule has 0 saturated heterocycles. The summed E-state index contributed by atoms with van der Waals surface area (Å²) in [5.41, 5.74) is 3.25. The van der Waals surface area contributed by atoms with Gasteiger partial charge in [-0.05, 0) is 46.5 Å². The molecule has 0 saturated carbocycles. The van der Waals surface area contributed by atoms with Crippen molar-refractivity contribution in [3.8, 4) is 0 Å². The molecule has 3 nitrogen and oxygen atoms in total. The SMILES string of the molecule is O=C(N[C@@H](c1ccccc1)c1ccc(F)cc1)N[C@@H](c1ccccc1)c1ccc(F)cc1. The molecule has 2 N–H and O–H groups in total. The Labute approximate surface area is 185 Å². The molecule has 2 atom stereocenters. The van der Waals surface area contributed by atoms with Gasteiger partial charge < -0.3 is 10.6 Å². The van der Waals surface area contributed by atoms with Gasteiger partial charge in [-0.2, -0.15) is 0 Å². The first-order chi connectivity index (χ1) is 15.6. The molecule has 0 bridgehead atoms. The second-order valence-corrected chi connectivity index (χ2v) is 7.41. The van der Waals surface area contributed by atoms with Gasteiger partial charge >= 0.3 is 6.03 Å². The Morgan fingerprint density at radius 1 is 0.500 bits per heavy atom. The first-order valence-electron chi connectivity index (χ1n) is 10.3. The largest absolute Gasteiger partial charge is 0.327 e. The molecule has 0 heterocycles. The normalized spacial score (nSPS) is 12.6. The number of nitrogens with one attached hydrogen (secondary N) is 2. The zero-order chi connectivity index (χ0) is 22.3. The summed E-state index contributed by atoms with van der Waals surface area (Å²) in [5.74, 6) is -0.684. The fourth-order valence-corrected chi connectivity index (χ4v) is 3.62. The highest BCUT2D eigenvalue weighted by Gasteiger charge is 2.21. The van der Waals surface area contributed by atoms with Gasteiger partial charge in [0, 0.05) is 0 Å². The molecule has 160 valence electrons. The van der Waals surface area contributed by atoms with Crippen molar-refractivity contribution >= 4 is 6.03 Å². The van der Waals surface area contributed by atoms with Crippen LogP contribution in [0.25, 0.3) is 0 Å². The molecule has 0 aliphatic heterocycles. The molecule has 0 radical (unpaired) electrons. The molecule has 4 aromatic carbocycles. The third kappa shape index (κ3) is 5.19. The summed E-state index contributed by atoms with van der Waals surface area (Å²) >= 11 is 0. The summed E-state index contributed by atoms with van der Waals surface area (Å²) < 4.78 is 26.9. The van der Waals surface area contributed by atoms with Crippen LogP contribution in [0.5, 0.6) is 0 Å². The van der Waals surface area contributed by atoms with Crippen LogP contribution >= 0.6 is 0 Å². The maximum atomic E-state index is 13.5. The molecule has 32 heavy (non-hydrogen) atoms. The minimum absolute atomic E-state index is 0.342. The van der Waals surface area contributed by atoms with E-state index in [-0.39, 0.29) is 11.6 Å². The first kappa shape index (κ1) is 21.2. The van der Waals surface area contributed by atoms with Gasteiger partial charge in [0.2, 0.25) is 0 Å². The molecule has 4 rings (SSSR count). The highest BCUT2D eigenvalue weighted by molar-refractivity contribution is 5.76. The lowest BCUT2D eigenvalue weighted by Crippen LogP contribution is -2.40. The summed E-state index contributed by atoms with van der Waals surface area (Å²) in [6.45, 7) is 0. The van der Waals surface area contributed by atoms with Gasteiger partial charge in [-0.1, -0.05) is 84.9 Å². The van der Waals surface area contributed by atoms with Crippen LogP contribution in [0.1, 0.15) is 34.3 Å². The highest BCUT2D eigenvalue weighted by Crippen LogP contribution is 2.25. The third-order valence-electron chi connectivity index (χ3n) is 5.22. The molecular formula is C27H22F2N2O. The number of hydrogen-bond donors (Lipinski definition) is 2. The van der Waals surface area contributed by atoms with Crippen molar-refractivity contribution in [1.82, 2.24) is 10.6 Å². The topological polar surface area (TPSA) is 41.1 Å². The lowest BCUT2D eigenvalue weighted by Gasteiger charge is -2.24. The van der Waals surface area contributed by atoms with Crippen molar-refractivity contribution < 1.29 is 13.6 Å². The van der Waals surface area contributed by atoms with E-state index in [1.807, 2.05) is 60.7 Å². The van der Waals surface area contributed by atoms with Crippen LogP contribution < -0.4 is 10.6 Å². The van der Waals surface area contributed by atoms with Crippen molar-refractivity contribution in [2.45, 2.75) is 12.1 Å². The van der Waals surface area contributed by atoms with E-state index in [9.17, 15) is 13.6 Å². The second-order valence-electron chi connectivity index (χ2n) is 7.41.